The number of rotatable bonds is 4. The van der Waals surface area contributed by atoms with Crippen LogP contribution in [-0.2, 0) is 4.57 Å². The molecule has 2 N–H and O–H groups in total. The maximum atomic E-state index is 13.4. The van der Waals surface area contributed by atoms with Crippen molar-refractivity contribution in [2.75, 3.05) is 0 Å². The fourth-order valence-corrected chi connectivity index (χ4v) is 5.96. The van der Waals surface area contributed by atoms with E-state index in [1.54, 1.807) is 11.6 Å². The Kier molecular flexibility index (Phi) is 5.24. The van der Waals surface area contributed by atoms with Crippen molar-refractivity contribution < 1.29 is 23.7 Å². The van der Waals surface area contributed by atoms with E-state index < -0.39 is 7.82 Å². The third-order valence-corrected chi connectivity index (χ3v) is 7.10. The van der Waals surface area contributed by atoms with Gasteiger partial charge in [-0.3, -0.25) is 14.6 Å². The van der Waals surface area contributed by atoms with Gasteiger partial charge in [0.05, 0.1) is 5.02 Å². The molecule has 0 aliphatic heterocycles. The Bertz CT molecular complexity index is 843. The summed E-state index contributed by atoms with van der Waals surface area (Å²) >= 11 is 5.99. The fourth-order valence-electron chi connectivity index (χ4n) is 5.34. The Morgan fingerprint density at radius 3 is 2.70 bits per heavy atom. The SMILES string of the molecule is O=C(c1ccc(Cl)c(OP(=O)(O)O)c1)C1C2CCCC1C1=C(CCCC1)C2. The zero-order chi connectivity index (χ0) is 19.2. The number of phosphoric acid groups is 1. The van der Waals surface area contributed by atoms with E-state index in [2.05, 4.69) is 4.52 Å². The van der Waals surface area contributed by atoms with Gasteiger partial charge in [0, 0.05) is 11.5 Å². The first-order chi connectivity index (χ1) is 12.8. The predicted octanol–water partition coefficient (Wildman–Crippen LogP) is 5.30. The van der Waals surface area contributed by atoms with Gasteiger partial charge in [-0.25, -0.2) is 4.57 Å². The van der Waals surface area contributed by atoms with E-state index in [1.165, 1.54) is 43.4 Å². The number of allylic oxidation sites excluding steroid dienone is 2. The van der Waals surface area contributed by atoms with Crippen LogP contribution in [0.3, 0.4) is 0 Å². The molecule has 4 rings (SSSR count). The highest BCUT2D eigenvalue weighted by Gasteiger charge is 2.44. The maximum absolute atomic E-state index is 13.4. The van der Waals surface area contributed by atoms with Crippen molar-refractivity contribution in [1.29, 1.82) is 0 Å². The molecule has 0 radical (unpaired) electrons. The first-order valence-electron chi connectivity index (χ1n) is 9.63. The first kappa shape index (κ1) is 19.2. The molecular formula is C20H24ClO5P. The number of phosphoric ester groups is 1. The topological polar surface area (TPSA) is 83.8 Å². The lowest BCUT2D eigenvalue weighted by Gasteiger charge is -2.45. The van der Waals surface area contributed by atoms with Gasteiger partial charge in [-0.1, -0.05) is 29.2 Å². The lowest BCUT2D eigenvalue weighted by molar-refractivity contribution is 0.0715. The zero-order valence-electron chi connectivity index (χ0n) is 15.1. The summed E-state index contributed by atoms with van der Waals surface area (Å²) in [6, 6.07) is 4.49. The molecule has 0 heterocycles. The molecule has 0 saturated heterocycles. The molecule has 5 nitrogen and oxygen atoms in total. The summed E-state index contributed by atoms with van der Waals surface area (Å²) in [6.45, 7) is 0. The average molecular weight is 411 g/mol. The van der Waals surface area contributed by atoms with Crippen molar-refractivity contribution in [2.45, 2.75) is 51.4 Å². The monoisotopic (exact) mass is 410 g/mol. The van der Waals surface area contributed by atoms with Crippen molar-refractivity contribution in [3.05, 3.63) is 39.9 Å². The highest BCUT2D eigenvalue weighted by molar-refractivity contribution is 7.46. The number of hydrogen-bond acceptors (Lipinski definition) is 3. The molecule has 0 amide bonds. The van der Waals surface area contributed by atoms with Crippen LogP contribution in [0.15, 0.2) is 29.3 Å². The molecule has 3 aliphatic rings. The van der Waals surface area contributed by atoms with Crippen LogP contribution >= 0.6 is 19.4 Å². The molecule has 146 valence electrons. The van der Waals surface area contributed by atoms with Crippen LogP contribution in [0.2, 0.25) is 5.02 Å². The smallest absolute Gasteiger partial charge is 0.403 e. The molecule has 2 bridgehead atoms. The molecule has 1 aromatic rings. The molecule has 3 unspecified atom stereocenters. The van der Waals surface area contributed by atoms with Crippen LogP contribution in [0.5, 0.6) is 5.75 Å². The molecule has 1 fully saturated rings. The normalized spacial score (nSPS) is 27.9. The Hall–Kier alpha value is -1.13. The van der Waals surface area contributed by atoms with E-state index in [0.29, 0.717) is 17.4 Å². The summed E-state index contributed by atoms with van der Waals surface area (Å²) in [5, 5.41) is 0.0796. The zero-order valence-corrected chi connectivity index (χ0v) is 16.7. The summed E-state index contributed by atoms with van der Waals surface area (Å²) in [7, 11) is -4.74. The molecule has 0 spiro atoms. The molecular weight excluding hydrogens is 387 g/mol. The van der Waals surface area contributed by atoms with Gasteiger partial charge in [0.2, 0.25) is 0 Å². The van der Waals surface area contributed by atoms with Crippen LogP contribution in [0.4, 0.5) is 0 Å². The van der Waals surface area contributed by atoms with Gasteiger partial charge in [0.15, 0.2) is 11.5 Å². The second kappa shape index (κ2) is 7.36. The summed E-state index contributed by atoms with van der Waals surface area (Å²) in [4.78, 5) is 31.5. The minimum atomic E-state index is -4.74. The minimum absolute atomic E-state index is 0.0420. The Labute approximate surface area is 164 Å². The van der Waals surface area contributed by atoms with Gasteiger partial charge in [-0.2, -0.15) is 0 Å². The lowest BCUT2D eigenvalue weighted by Crippen LogP contribution is -2.40. The molecule has 0 aromatic heterocycles. The highest BCUT2D eigenvalue weighted by Crippen LogP contribution is 2.52. The van der Waals surface area contributed by atoms with Gasteiger partial charge in [-0.15, -0.1) is 0 Å². The van der Waals surface area contributed by atoms with Crippen molar-refractivity contribution in [1.82, 2.24) is 0 Å². The van der Waals surface area contributed by atoms with E-state index in [1.807, 2.05) is 0 Å². The van der Waals surface area contributed by atoms with Gasteiger partial charge in [-0.05, 0) is 75.0 Å². The summed E-state index contributed by atoms with van der Waals surface area (Å²) in [5.41, 5.74) is 3.54. The second-order valence-corrected chi connectivity index (χ2v) is 9.53. The number of ketones is 1. The van der Waals surface area contributed by atoms with Crippen LogP contribution in [-0.4, -0.2) is 15.6 Å². The van der Waals surface area contributed by atoms with Crippen LogP contribution in [0.25, 0.3) is 0 Å². The number of Topliss-reactive ketones (excluding diaryl/α,β-unsaturated/α-hetero) is 1. The number of carbonyl (C=O) groups excluding carboxylic acids is 1. The van der Waals surface area contributed by atoms with E-state index in [-0.39, 0.29) is 22.5 Å². The molecule has 1 saturated carbocycles. The van der Waals surface area contributed by atoms with Crippen molar-refractivity contribution >= 4 is 25.2 Å². The molecule has 7 heteroatoms. The van der Waals surface area contributed by atoms with E-state index in [9.17, 15) is 9.36 Å². The number of benzene rings is 1. The van der Waals surface area contributed by atoms with Gasteiger partial charge in [0.1, 0.15) is 0 Å². The third kappa shape index (κ3) is 3.88. The highest BCUT2D eigenvalue weighted by atomic mass is 35.5. The fraction of sp³-hybridized carbons (Fsp3) is 0.550. The van der Waals surface area contributed by atoms with Gasteiger partial charge >= 0.3 is 7.82 Å². The van der Waals surface area contributed by atoms with Crippen molar-refractivity contribution in [3.63, 3.8) is 0 Å². The predicted molar refractivity (Wildman–Crippen MR) is 103 cm³/mol. The van der Waals surface area contributed by atoms with Crippen molar-refractivity contribution in [3.8, 4) is 5.75 Å². The molecule has 3 aliphatic carbocycles. The van der Waals surface area contributed by atoms with Crippen LogP contribution in [0.1, 0.15) is 61.7 Å². The van der Waals surface area contributed by atoms with Crippen molar-refractivity contribution in [2.24, 2.45) is 17.8 Å². The number of halogens is 1. The van der Waals surface area contributed by atoms with Gasteiger partial charge in [0.25, 0.3) is 0 Å². The number of carbonyl (C=O) groups is 1. The van der Waals surface area contributed by atoms with E-state index in [4.69, 9.17) is 21.4 Å². The largest absolute Gasteiger partial charge is 0.524 e. The average Bonchev–Trinajstić information content (AvgIpc) is 2.61. The van der Waals surface area contributed by atoms with Crippen LogP contribution < -0.4 is 4.52 Å². The van der Waals surface area contributed by atoms with Crippen LogP contribution in [0, 0.1) is 17.8 Å². The molecule has 1 aromatic carbocycles. The minimum Gasteiger partial charge on any atom is -0.403 e. The van der Waals surface area contributed by atoms with Gasteiger partial charge < -0.3 is 4.52 Å². The number of fused-ring (bicyclic) bond motifs is 3. The summed E-state index contributed by atoms with van der Waals surface area (Å²) in [5.74, 6) is 0.556. The lowest BCUT2D eigenvalue weighted by atomic mass is 9.58. The maximum Gasteiger partial charge on any atom is 0.524 e. The second-order valence-electron chi connectivity index (χ2n) is 7.95. The molecule has 3 atom stereocenters. The van der Waals surface area contributed by atoms with E-state index >= 15 is 0 Å². The van der Waals surface area contributed by atoms with E-state index in [0.717, 1.165) is 25.7 Å². The number of hydrogen-bond donors (Lipinski definition) is 2. The Balaban J connectivity index is 1.66. The molecule has 27 heavy (non-hydrogen) atoms. The quantitative estimate of drug-likeness (QED) is 0.399. The third-order valence-electron chi connectivity index (χ3n) is 6.35. The first-order valence-corrected chi connectivity index (χ1v) is 11.5. The summed E-state index contributed by atoms with van der Waals surface area (Å²) in [6.07, 6.45) is 9.10. The Morgan fingerprint density at radius 2 is 1.93 bits per heavy atom. The summed E-state index contributed by atoms with van der Waals surface area (Å²) < 4.78 is 15.8. The Morgan fingerprint density at radius 1 is 1.15 bits per heavy atom. The standard InChI is InChI=1S/C20H24ClO5P/c21-17-9-8-14(11-18(17)26-27(23,24)25)20(22)19-13-5-3-7-16(19)15-6-2-1-4-12(15)10-13/h8-9,11,13,16,19H,1-7,10H2,(H2,23,24,25).